The van der Waals surface area contributed by atoms with E-state index in [9.17, 15) is 9.50 Å². The van der Waals surface area contributed by atoms with Crippen LogP contribution in [-0.4, -0.2) is 21.1 Å². The average molecular weight is 349 g/mol. The van der Waals surface area contributed by atoms with Crippen molar-refractivity contribution in [1.82, 2.24) is 15.4 Å². The molecule has 6 nitrogen and oxygen atoms in total. The molecule has 1 aromatic heterocycles. The number of aromatic amines is 1. The minimum absolute atomic E-state index is 0.0754. The van der Waals surface area contributed by atoms with Crippen molar-refractivity contribution >= 4 is 17.7 Å². The average Bonchev–Trinajstić information content (AvgIpc) is 2.98. The predicted octanol–water partition coefficient (Wildman–Crippen LogP) is 2.74. The lowest BCUT2D eigenvalue weighted by Crippen LogP contribution is -2.46. The molecule has 5 N–H and O–H groups in total. The number of aromatic nitrogens is 1. The Labute approximate surface area is 148 Å². The van der Waals surface area contributed by atoms with E-state index >= 15 is 0 Å². The lowest BCUT2D eigenvalue weighted by Gasteiger charge is -2.33. The minimum Gasteiger partial charge on any atom is -0.508 e. The molecular weight excluding hydrogens is 333 g/mol. The third-order valence-corrected chi connectivity index (χ3v) is 4.95. The molecule has 130 valence electrons. The fourth-order valence-electron chi connectivity index (χ4n) is 3.77. The van der Waals surface area contributed by atoms with E-state index < -0.39 is 5.82 Å². The summed E-state index contributed by atoms with van der Waals surface area (Å²) in [6, 6.07) is 4.31. The number of phenols is 1. The van der Waals surface area contributed by atoms with Gasteiger partial charge in [-0.3, -0.25) is 10.4 Å². The summed E-state index contributed by atoms with van der Waals surface area (Å²) in [6.07, 6.45) is 10.3. The topological polar surface area (TPSA) is 89.7 Å². The van der Waals surface area contributed by atoms with Crippen molar-refractivity contribution in [3.05, 3.63) is 76.6 Å². The van der Waals surface area contributed by atoms with E-state index in [0.717, 1.165) is 34.3 Å². The summed E-state index contributed by atoms with van der Waals surface area (Å²) in [5.74, 6) is -0.325. The standard InChI is InChI=1S/C19H16FN5O/c20-15-7-12(26)3-4-13(15)14-5-6-16-17-10(8-22-18(14)17)1-2-11-9-23-19(21)24-25(11)16/h1-4,6-9,14,22,26H,5H2,(H3,21,23,24). The molecule has 26 heavy (non-hydrogen) atoms. The number of hydrogen-bond donors (Lipinski definition) is 4. The first-order chi connectivity index (χ1) is 12.6. The Bertz CT molecular complexity index is 1050. The highest BCUT2D eigenvalue weighted by molar-refractivity contribution is 5.86. The molecule has 7 heteroatoms. The highest BCUT2D eigenvalue weighted by Crippen LogP contribution is 2.44. The maximum Gasteiger partial charge on any atom is 0.212 e. The number of aliphatic imine (C=N–C) groups is 1. The summed E-state index contributed by atoms with van der Waals surface area (Å²) in [6.45, 7) is 0. The SMILES string of the molecule is NC1=NC=C2C=Cc3c[nH]c4c3C(=CCC4c3ccc(O)cc3F)N2N1. The van der Waals surface area contributed by atoms with Crippen LogP contribution in [0.2, 0.25) is 0 Å². The van der Waals surface area contributed by atoms with Crippen LogP contribution in [0.15, 0.2) is 53.4 Å². The van der Waals surface area contributed by atoms with Gasteiger partial charge >= 0.3 is 0 Å². The van der Waals surface area contributed by atoms with Gasteiger partial charge in [0, 0.05) is 35.0 Å². The Morgan fingerprint density at radius 1 is 1.31 bits per heavy atom. The van der Waals surface area contributed by atoms with Crippen molar-refractivity contribution in [3.8, 4) is 5.75 Å². The number of halogens is 1. The van der Waals surface area contributed by atoms with Gasteiger partial charge < -0.3 is 15.8 Å². The summed E-state index contributed by atoms with van der Waals surface area (Å²) in [7, 11) is 0. The number of nitrogens with two attached hydrogens (primary N) is 1. The van der Waals surface area contributed by atoms with Gasteiger partial charge in [-0.25, -0.2) is 9.38 Å². The third-order valence-electron chi connectivity index (χ3n) is 4.95. The Morgan fingerprint density at radius 2 is 2.19 bits per heavy atom. The lowest BCUT2D eigenvalue weighted by molar-refractivity contribution is 0.439. The molecule has 2 aromatic rings. The molecule has 0 spiro atoms. The predicted molar refractivity (Wildman–Crippen MR) is 97.0 cm³/mol. The van der Waals surface area contributed by atoms with Crippen molar-refractivity contribution in [3.63, 3.8) is 0 Å². The van der Waals surface area contributed by atoms with Crippen LogP contribution in [0.4, 0.5) is 4.39 Å². The number of fused-ring (bicyclic) bond motifs is 2. The second-order valence-electron chi connectivity index (χ2n) is 6.47. The number of guanidine groups is 1. The van der Waals surface area contributed by atoms with Crippen LogP contribution in [0.3, 0.4) is 0 Å². The lowest BCUT2D eigenvalue weighted by atomic mass is 9.84. The van der Waals surface area contributed by atoms with Crippen LogP contribution < -0.4 is 11.2 Å². The van der Waals surface area contributed by atoms with Crippen molar-refractivity contribution in [2.45, 2.75) is 12.3 Å². The largest absolute Gasteiger partial charge is 0.508 e. The monoisotopic (exact) mass is 349 g/mol. The van der Waals surface area contributed by atoms with Crippen LogP contribution in [0.1, 0.15) is 34.7 Å². The minimum atomic E-state index is -0.410. The van der Waals surface area contributed by atoms with Gasteiger partial charge in [0.25, 0.3) is 0 Å². The fraction of sp³-hybridized carbons (Fsp3) is 0.105. The van der Waals surface area contributed by atoms with E-state index in [1.807, 2.05) is 23.4 Å². The van der Waals surface area contributed by atoms with E-state index in [0.29, 0.717) is 17.9 Å². The molecule has 0 saturated heterocycles. The summed E-state index contributed by atoms with van der Waals surface area (Å²) < 4.78 is 14.5. The molecule has 0 saturated carbocycles. The molecule has 1 aromatic carbocycles. The number of allylic oxidation sites excluding steroid dienone is 2. The van der Waals surface area contributed by atoms with Crippen LogP contribution >= 0.6 is 0 Å². The van der Waals surface area contributed by atoms with Crippen molar-refractivity contribution < 1.29 is 9.50 Å². The summed E-state index contributed by atoms with van der Waals surface area (Å²) in [5.41, 5.74) is 14.3. The number of rotatable bonds is 1. The molecule has 0 amide bonds. The number of phenolic OH excluding ortho intramolecular Hbond substituents is 1. The van der Waals surface area contributed by atoms with E-state index in [4.69, 9.17) is 5.73 Å². The highest BCUT2D eigenvalue weighted by Gasteiger charge is 2.33. The molecule has 5 rings (SSSR count). The van der Waals surface area contributed by atoms with Gasteiger partial charge in [0.15, 0.2) is 0 Å². The zero-order valence-electron chi connectivity index (χ0n) is 13.7. The molecular formula is C19H16FN5O. The third kappa shape index (κ3) is 2.07. The Kier molecular flexibility index (Phi) is 3.00. The first kappa shape index (κ1) is 14.8. The summed E-state index contributed by atoms with van der Waals surface area (Å²) in [5, 5.41) is 11.4. The molecule has 0 radical (unpaired) electrons. The quantitative estimate of drug-likeness (QED) is 0.637. The molecule has 1 unspecified atom stereocenters. The molecule has 0 fully saturated rings. The molecule has 1 aliphatic carbocycles. The van der Waals surface area contributed by atoms with Crippen LogP contribution in [0.25, 0.3) is 11.8 Å². The number of H-pyrrole nitrogens is 1. The smallest absolute Gasteiger partial charge is 0.212 e. The van der Waals surface area contributed by atoms with Gasteiger partial charge in [0.05, 0.1) is 17.6 Å². The number of benzene rings is 1. The molecule has 1 atom stereocenters. The van der Waals surface area contributed by atoms with Crippen LogP contribution in [-0.2, 0) is 0 Å². The van der Waals surface area contributed by atoms with Gasteiger partial charge in [-0.1, -0.05) is 18.2 Å². The number of nitrogens with zero attached hydrogens (tertiary/aromatic N) is 2. The Balaban J connectivity index is 1.65. The second-order valence-corrected chi connectivity index (χ2v) is 6.47. The van der Waals surface area contributed by atoms with Gasteiger partial charge in [-0.05, 0) is 24.1 Å². The maximum atomic E-state index is 14.5. The van der Waals surface area contributed by atoms with Crippen LogP contribution in [0.5, 0.6) is 5.75 Å². The molecule has 2 aliphatic heterocycles. The molecule has 0 bridgehead atoms. The highest BCUT2D eigenvalue weighted by atomic mass is 19.1. The zero-order valence-corrected chi connectivity index (χ0v) is 13.7. The number of hydrazine groups is 1. The van der Waals surface area contributed by atoms with Gasteiger partial charge in [0.1, 0.15) is 11.6 Å². The Hall–Kier alpha value is -3.48. The van der Waals surface area contributed by atoms with Crippen molar-refractivity contribution in [2.24, 2.45) is 10.7 Å². The first-order valence-corrected chi connectivity index (χ1v) is 8.30. The zero-order chi connectivity index (χ0) is 17.8. The van der Waals surface area contributed by atoms with E-state index in [2.05, 4.69) is 21.5 Å². The number of nitrogens with one attached hydrogen (secondary N) is 2. The van der Waals surface area contributed by atoms with Crippen LogP contribution in [0, 0.1) is 5.82 Å². The molecule has 3 aliphatic rings. The fourth-order valence-corrected chi connectivity index (χ4v) is 3.77. The summed E-state index contributed by atoms with van der Waals surface area (Å²) in [4.78, 5) is 7.43. The number of hydrogen-bond acceptors (Lipinski definition) is 5. The maximum absolute atomic E-state index is 14.5. The van der Waals surface area contributed by atoms with E-state index in [1.165, 1.54) is 6.07 Å². The van der Waals surface area contributed by atoms with E-state index in [1.54, 1.807) is 12.3 Å². The van der Waals surface area contributed by atoms with Crippen molar-refractivity contribution in [2.75, 3.05) is 0 Å². The molecule has 3 heterocycles. The number of aromatic hydroxyl groups is 1. The van der Waals surface area contributed by atoms with Crippen molar-refractivity contribution in [1.29, 1.82) is 0 Å². The Morgan fingerprint density at radius 3 is 3.04 bits per heavy atom. The first-order valence-electron chi connectivity index (χ1n) is 8.30. The second kappa shape index (κ2) is 5.26. The van der Waals surface area contributed by atoms with Gasteiger partial charge in [-0.2, -0.15) is 0 Å². The van der Waals surface area contributed by atoms with Gasteiger partial charge in [0.2, 0.25) is 5.96 Å². The normalized spacial score (nSPS) is 20.3. The van der Waals surface area contributed by atoms with Gasteiger partial charge in [-0.15, -0.1) is 0 Å². The van der Waals surface area contributed by atoms with E-state index in [-0.39, 0.29) is 11.7 Å². The summed E-state index contributed by atoms with van der Waals surface area (Å²) >= 11 is 0.